The topological polar surface area (TPSA) is 44.0 Å². The summed E-state index contributed by atoms with van der Waals surface area (Å²) in [5.41, 5.74) is -1.63. The highest BCUT2D eigenvalue weighted by Gasteiger charge is 2.41. The van der Waals surface area contributed by atoms with Crippen LogP contribution in [0.25, 0.3) is 0 Å². The molecule has 18 heavy (non-hydrogen) atoms. The maximum Gasteiger partial charge on any atom is 0.141 e. The van der Waals surface area contributed by atoms with Gasteiger partial charge in [-0.05, 0) is 25.0 Å². The predicted octanol–water partition coefficient (Wildman–Crippen LogP) is 3.40. The van der Waals surface area contributed by atoms with Crippen LogP contribution in [0.4, 0.5) is 8.78 Å². The van der Waals surface area contributed by atoms with Gasteiger partial charge in [0.15, 0.2) is 0 Å². The number of nitriles is 1. The van der Waals surface area contributed by atoms with Gasteiger partial charge in [0.25, 0.3) is 0 Å². The van der Waals surface area contributed by atoms with E-state index in [9.17, 15) is 13.9 Å². The third-order valence-electron chi connectivity index (χ3n) is 3.60. The molecule has 0 spiro atoms. The Labute approximate surface area is 105 Å². The molecule has 1 aliphatic carbocycles. The number of hydrogen-bond acceptors (Lipinski definition) is 2. The predicted molar refractivity (Wildman–Crippen MR) is 63.0 cm³/mol. The molecule has 0 bridgehead atoms. The van der Waals surface area contributed by atoms with Gasteiger partial charge in [0.2, 0.25) is 0 Å². The second-order valence-corrected chi connectivity index (χ2v) is 4.85. The van der Waals surface area contributed by atoms with Crippen molar-refractivity contribution in [1.29, 1.82) is 5.26 Å². The maximum absolute atomic E-state index is 14.5. The van der Waals surface area contributed by atoms with Crippen molar-refractivity contribution in [3.8, 4) is 6.07 Å². The van der Waals surface area contributed by atoms with E-state index in [2.05, 4.69) is 0 Å². The summed E-state index contributed by atoms with van der Waals surface area (Å²) in [5, 5.41) is 18.7. The molecule has 0 aromatic heterocycles. The Morgan fingerprint density at radius 2 is 1.94 bits per heavy atom. The second-order valence-electron chi connectivity index (χ2n) is 4.85. The monoisotopic (exact) mass is 251 g/mol. The first-order valence-electron chi connectivity index (χ1n) is 6.13. The van der Waals surface area contributed by atoms with E-state index in [1.54, 1.807) is 0 Å². The zero-order chi connectivity index (χ0) is 13.2. The zero-order valence-corrected chi connectivity index (χ0v) is 10.00. The molecule has 96 valence electrons. The summed E-state index contributed by atoms with van der Waals surface area (Å²) in [6, 6.07) is 5.54. The summed E-state index contributed by atoms with van der Waals surface area (Å²) in [6.07, 6.45) is 1.44. The number of alkyl halides is 1. The average molecular weight is 251 g/mol. The Morgan fingerprint density at radius 1 is 1.28 bits per heavy atom. The van der Waals surface area contributed by atoms with Gasteiger partial charge in [-0.3, -0.25) is 0 Å². The smallest absolute Gasteiger partial charge is 0.141 e. The molecule has 1 aromatic carbocycles. The molecule has 1 fully saturated rings. The lowest BCUT2D eigenvalue weighted by molar-refractivity contribution is -0.0378. The Hall–Kier alpha value is -1.47. The number of aliphatic hydroxyl groups excluding tert-OH is 1. The van der Waals surface area contributed by atoms with Crippen molar-refractivity contribution in [3.63, 3.8) is 0 Å². The number of aliphatic hydroxyl groups is 1. The molecule has 0 amide bonds. The van der Waals surface area contributed by atoms with E-state index in [0.29, 0.717) is 12.8 Å². The van der Waals surface area contributed by atoms with Crippen LogP contribution in [-0.4, -0.2) is 10.8 Å². The van der Waals surface area contributed by atoms with Crippen LogP contribution in [-0.2, 0) is 0 Å². The van der Waals surface area contributed by atoms with Crippen molar-refractivity contribution < 1.29 is 13.9 Å². The zero-order valence-electron chi connectivity index (χ0n) is 10.00. The Morgan fingerprint density at radius 3 is 2.50 bits per heavy atom. The van der Waals surface area contributed by atoms with Gasteiger partial charge in [0.1, 0.15) is 17.6 Å². The lowest BCUT2D eigenvalue weighted by Crippen LogP contribution is -2.34. The van der Waals surface area contributed by atoms with E-state index in [4.69, 9.17) is 5.26 Å². The molecule has 2 nitrogen and oxygen atoms in total. The van der Waals surface area contributed by atoms with Crippen LogP contribution in [0.15, 0.2) is 18.2 Å². The van der Waals surface area contributed by atoms with Gasteiger partial charge >= 0.3 is 0 Å². The number of benzene rings is 1. The van der Waals surface area contributed by atoms with E-state index in [1.807, 2.05) is 6.07 Å². The van der Waals surface area contributed by atoms with Crippen molar-refractivity contribution in [3.05, 3.63) is 35.1 Å². The first-order valence-corrected chi connectivity index (χ1v) is 6.13. The molecule has 2 rings (SSSR count). The van der Waals surface area contributed by atoms with Crippen molar-refractivity contribution in [1.82, 2.24) is 0 Å². The minimum atomic E-state index is -1.74. The van der Waals surface area contributed by atoms with Crippen molar-refractivity contribution >= 4 is 0 Å². The number of nitrogens with zero attached hydrogens (tertiary/aromatic N) is 1. The first kappa shape index (κ1) is 13.0. The molecule has 0 saturated heterocycles. The van der Waals surface area contributed by atoms with Crippen molar-refractivity contribution in [2.45, 2.75) is 43.9 Å². The molecular weight excluding hydrogens is 236 g/mol. The maximum atomic E-state index is 14.5. The minimum Gasteiger partial charge on any atom is -0.385 e. The van der Waals surface area contributed by atoms with Crippen LogP contribution >= 0.6 is 0 Å². The Kier molecular flexibility index (Phi) is 3.63. The van der Waals surface area contributed by atoms with Crippen LogP contribution in [0.3, 0.4) is 0 Å². The molecule has 4 heteroatoms. The molecule has 0 aliphatic heterocycles. The largest absolute Gasteiger partial charge is 0.385 e. The van der Waals surface area contributed by atoms with Gasteiger partial charge < -0.3 is 5.11 Å². The number of rotatable bonds is 2. The van der Waals surface area contributed by atoms with Gasteiger partial charge in [-0.1, -0.05) is 25.3 Å². The Balaban J connectivity index is 2.28. The summed E-state index contributed by atoms with van der Waals surface area (Å²) >= 11 is 0. The normalized spacial score (nSPS) is 20.1. The lowest BCUT2D eigenvalue weighted by Gasteiger charge is -2.34. The fraction of sp³-hybridized carbons (Fsp3) is 0.500. The van der Waals surface area contributed by atoms with E-state index in [1.165, 1.54) is 12.1 Å². The van der Waals surface area contributed by atoms with Crippen LogP contribution in [0.2, 0.25) is 0 Å². The lowest BCUT2D eigenvalue weighted by atomic mass is 9.80. The number of hydrogen-bond donors (Lipinski definition) is 1. The Bertz CT molecular complexity index is 475. The molecule has 1 saturated carbocycles. The highest BCUT2D eigenvalue weighted by molar-refractivity contribution is 5.34. The van der Waals surface area contributed by atoms with Crippen LogP contribution in [0.5, 0.6) is 0 Å². The van der Waals surface area contributed by atoms with Crippen LogP contribution in [0, 0.1) is 17.1 Å². The van der Waals surface area contributed by atoms with Gasteiger partial charge in [-0.25, -0.2) is 8.78 Å². The van der Waals surface area contributed by atoms with Gasteiger partial charge in [-0.2, -0.15) is 5.26 Å². The van der Waals surface area contributed by atoms with Gasteiger partial charge in [-0.15, -0.1) is 0 Å². The van der Waals surface area contributed by atoms with Gasteiger partial charge in [0, 0.05) is 5.56 Å². The van der Waals surface area contributed by atoms with E-state index < -0.39 is 17.6 Å². The molecule has 1 unspecified atom stereocenters. The minimum absolute atomic E-state index is 0.0570. The molecular formula is C14H15F2NO. The third-order valence-corrected chi connectivity index (χ3v) is 3.60. The molecule has 1 atom stereocenters. The summed E-state index contributed by atoms with van der Waals surface area (Å²) in [5.74, 6) is -0.718. The highest BCUT2D eigenvalue weighted by atomic mass is 19.1. The summed E-state index contributed by atoms with van der Waals surface area (Å²) in [6.45, 7) is 0. The molecule has 0 radical (unpaired) electrons. The van der Waals surface area contributed by atoms with E-state index in [0.717, 1.165) is 12.5 Å². The summed E-state index contributed by atoms with van der Waals surface area (Å²) in [4.78, 5) is 0. The van der Waals surface area contributed by atoms with Gasteiger partial charge in [0.05, 0.1) is 11.6 Å². The summed E-state index contributed by atoms with van der Waals surface area (Å²) < 4.78 is 28.3. The molecule has 1 aromatic rings. The summed E-state index contributed by atoms with van der Waals surface area (Å²) in [7, 11) is 0. The first-order chi connectivity index (χ1) is 8.57. The average Bonchev–Trinajstić information content (AvgIpc) is 2.38. The third kappa shape index (κ3) is 2.37. The van der Waals surface area contributed by atoms with E-state index >= 15 is 0 Å². The standard InChI is InChI=1S/C14H15F2NO/c15-12-8-10(9-17)4-5-11(12)13(18)14(16)6-2-1-3-7-14/h4-5,8,13,18H,1-3,6-7H2. The van der Waals surface area contributed by atoms with Crippen molar-refractivity contribution in [2.75, 3.05) is 0 Å². The van der Waals surface area contributed by atoms with Crippen LogP contribution < -0.4 is 0 Å². The fourth-order valence-corrected chi connectivity index (χ4v) is 2.51. The molecule has 1 N–H and O–H groups in total. The fourth-order valence-electron chi connectivity index (χ4n) is 2.51. The number of halogens is 2. The SMILES string of the molecule is N#Cc1ccc(C(O)C2(F)CCCCC2)c(F)c1. The highest BCUT2D eigenvalue weighted by Crippen LogP contribution is 2.42. The van der Waals surface area contributed by atoms with Crippen LogP contribution in [0.1, 0.15) is 49.3 Å². The second kappa shape index (κ2) is 5.03. The van der Waals surface area contributed by atoms with Crippen molar-refractivity contribution in [2.24, 2.45) is 0 Å². The molecule has 1 aliphatic rings. The van der Waals surface area contributed by atoms with E-state index in [-0.39, 0.29) is 24.0 Å². The quantitative estimate of drug-likeness (QED) is 0.875. The molecule has 0 heterocycles.